The molecule has 1 heterocycles. The largest absolute Gasteiger partial charge is 0.479 e. The minimum Gasteiger partial charge on any atom is -0.479 e. The topological polar surface area (TPSA) is 75.6 Å². The molecule has 0 saturated carbocycles. The van der Waals surface area contributed by atoms with Crippen LogP contribution in [0.1, 0.15) is 12.8 Å². The van der Waals surface area contributed by atoms with Crippen molar-refractivity contribution in [1.82, 2.24) is 5.32 Å². The monoisotopic (exact) mass is 233 g/mol. The molecular formula is C9H12ClNO4. The Morgan fingerprint density at radius 1 is 1.47 bits per heavy atom. The summed E-state index contributed by atoms with van der Waals surface area (Å²) in [6.07, 6.45) is 0.869. The van der Waals surface area contributed by atoms with Gasteiger partial charge < -0.3 is 15.2 Å². The van der Waals surface area contributed by atoms with Gasteiger partial charge in [0.1, 0.15) is 6.10 Å². The summed E-state index contributed by atoms with van der Waals surface area (Å²) in [6.45, 7) is 0.319. The number of carbonyl (C=O) groups excluding carboxylic acids is 1. The van der Waals surface area contributed by atoms with E-state index in [9.17, 15) is 9.59 Å². The van der Waals surface area contributed by atoms with Gasteiger partial charge in [0, 0.05) is 12.1 Å². The maximum absolute atomic E-state index is 11.4. The third kappa shape index (κ3) is 3.53. The lowest BCUT2D eigenvalue weighted by atomic mass is 10.2. The number of carboxylic acid groups (broad SMARTS) is 1. The van der Waals surface area contributed by atoms with Crippen molar-refractivity contribution in [2.24, 2.45) is 0 Å². The van der Waals surface area contributed by atoms with Crippen molar-refractivity contribution >= 4 is 23.5 Å². The molecule has 84 valence electrons. The molecular weight excluding hydrogens is 222 g/mol. The van der Waals surface area contributed by atoms with Crippen LogP contribution in [0.5, 0.6) is 0 Å². The average Bonchev–Trinajstić information content (AvgIpc) is 2.66. The highest BCUT2D eigenvalue weighted by Gasteiger charge is 2.34. The van der Waals surface area contributed by atoms with Gasteiger partial charge in [0.2, 0.25) is 5.91 Å². The van der Waals surface area contributed by atoms with Crippen molar-refractivity contribution in [2.75, 3.05) is 6.54 Å². The summed E-state index contributed by atoms with van der Waals surface area (Å²) in [4.78, 5) is 21.9. The third-order valence-electron chi connectivity index (χ3n) is 2.07. The van der Waals surface area contributed by atoms with Crippen LogP contribution in [0, 0.1) is 0 Å². The van der Waals surface area contributed by atoms with E-state index in [2.05, 4.69) is 5.32 Å². The molecule has 6 heteroatoms. The van der Waals surface area contributed by atoms with Gasteiger partial charge in [-0.15, -0.1) is 0 Å². The third-order valence-corrected chi connectivity index (χ3v) is 2.25. The summed E-state index contributed by atoms with van der Waals surface area (Å²) in [5, 5.41) is 11.2. The van der Waals surface area contributed by atoms with Crippen LogP contribution in [0.15, 0.2) is 11.6 Å². The predicted molar refractivity (Wildman–Crippen MR) is 53.5 cm³/mol. The molecule has 1 aliphatic rings. The van der Waals surface area contributed by atoms with Gasteiger partial charge >= 0.3 is 5.97 Å². The van der Waals surface area contributed by atoms with E-state index >= 15 is 0 Å². The number of hydrogen-bond acceptors (Lipinski definition) is 3. The molecule has 0 spiro atoms. The first kappa shape index (κ1) is 12.0. The molecule has 2 atom stereocenters. The lowest BCUT2D eigenvalue weighted by molar-refractivity contribution is -0.151. The fourth-order valence-electron chi connectivity index (χ4n) is 1.33. The van der Waals surface area contributed by atoms with Gasteiger partial charge in [0.15, 0.2) is 6.10 Å². The zero-order valence-corrected chi connectivity index (χ0v) is 8.74. The standard InChI is InChI=1S/C9H12ClNO4/c10-4-1-5-11-8(12)6-2-3-7(15-6)9(13)14/h1,4,6-7H,2-3,5H2,(H,11,12)(H,13,14)/b4-1+. The van der Waals surface area contributed by atoms with Crippen molar-refractivity contribution in [1.29, 1.82) is 0 Å². The lowest BCUT2D eigenvalue weighted by Crippen LogP contribution is -2.35. The summed E-state index contributed by atoms with van der Waals surface area (Å²) < 4.78 is 5.05. The summed E-state index contributed by atoms with van der Waals surface area (Å²) in [6, 6.07) is 0. The summed E-state index contributed by atoms with van der Waals surface area (Å²) in [7, 11) is 0. The van der Waals surface area contributed by atoms with Crippen molar-refractivity contribution in [3.63, 3.8) is 0 Å². The van der Waals surface area contributed by atoms with Gasteiger partial charge in [-0.1, -0.05) is 17.7 Å². The molecule has 2 unspecified atom stereocenters. The van der Waals surface area contributed by atoms with Crippen molar-refractivity contribution in [2.45, 2.75) is 25.0 Å². The van der Waals surface area contributed by atoms with Crippen LogP contribution >= 0.6 is 11.6 Å². The van der Waals surface area contributed by atoms with Crippen molar-refractivity contribution in [3.05, 3.63) is 11.6 Å². The van der Waals surface area contributed by atoms with Crippen LogP contribution in [-0.2, 0) is 14.3 Å². The molecule has 0 aliphatic carbocycles. The lowest BCUT2D eigenvalue weighted by Gasteiger charge is -2.10. The fourth-order valence-corrected chi connectivity index (χ4v) is 1.42. The van der Waals surface area contributed by atoms with Crippen LogP contribution in [-0.4, -0.2) is 35.7 Å². The molecule has 1 amide bonds. The molecule has 1 fully saturated rings. The van der Waals surface area contributed by atoms with Gasteiger partial charge in [-0.05, 0) is 12.8 Å². The molecule has 0 aromatic carbocycles. The fraction of sp³-hybridized carbons (Fsp3) is 0.556. The zero-order valence-electron chi connectivity index (χ0n) is 7.98. The van der Waals surface area contributed by atoms with Gasteiger partial charge in [-0.25, -0.2) is 4.79 Å². The molecule has 15 heavy (non-hydrogen) atoms. The smallest absolute Gasteiger partial charge is 0.332 e. The summed E-state index contributed by atoms with van der Waals surface area (Å²) >= 11 is 5.27. The van der Waals surface area contributed by atoms with E-state index in [0.717, 1.165) is 0 Å². The van der Waals surface area contributed by atoms with Crippen LogP contribution in [0.4, 0.5) is 0 Å². The van der Waals surface area contributed by atoms with E-state index in [1.165, 1.54) is 5.54 Å². The van der Waals surface area contributed by atoms with Crippen LogP contribution in [0.3, 0.4) is 0 Å². The zero-order chi connectivity index (χ0) is 11.3. The molecule has 0 aromatic heterocycles. The Balaban J connectivity index is 2.33. The van der Waals surface area contributed by atoms with Gasteiger partial charge in [-0.2, -0.15) is 0 Å². The quantitative estimate of drug-likeness (QED) is 0.741. The highest BCUT2D eigenvalue weighted by Crippen LogP contribution is 2.19. The first-order chi connectivity index (χ1) is 7.15. The number of amides is 1. The average molecular weight is 234 g/mol. The number of rotatable bonds is 4. The van der Waals surface area contributed by atoms with Crippen molar-refractivity contribution < 1.29 is 19.4 Å². The van der Waals surface area contributed by atoms with E-state index < -0.39 is 18.2 Å². The van der Waals surface area contributed by atoms with E-state index in [4.69, 9.17) is 21.4 Å². The predicted octanol–water partition coefficient (Wildman–Crippen LogP) is 0.487. The minimum absolute atomic E-state index is 0.298. The molecule has 0 aromatic rings. The molecule has 0 radical (unpaired) electrons. The maximum atomic E-state index is 11.4. The van der Waals surface area contributed by atoms with E-state index in [1.807, 2.05) is 0 Å². The van der Waals surface area contributed by atoms with Crippen LogP contribution in [0.2, 0.25) is 0 Å². The van der Waals surface area contributed by atoms with Gasteiger partial charge in [-0.3, -0.25) is 4.79 Å². The molecule has 0 bridgehead atoms. The molecule has 2 N–H and O–H groups in total. The van der Waals surface area contributed by atoms with Crippen molar-refractivity contribution in [3.8, 4) is 0 Å². The minimum atomic E-state index is -1.02. The second-order valence-corrected chi connectivity index (χ2v) is 3.39. The molecule has 1 saturated heterocycles. The Hall–Kier alpha value is -1.07. The number of aliphatic carboxylic acids is 1. The normalized spacial score (nSPS) is 25.7. The molecule has 5 nitrogen and oxygen atoms in total. The number of ether oxygens (including phenoxy) is 1. The Kier molecular flexibility index (Phi) is 4.58. The van der Waals surface area contributed by atoms with E-state index in [0.29, 0.717) is 19.4 Å². The second kappa shape index (κ2) is 5.72. The van der Waals surface area contributed by atoms with Gasteiger partial charge in [0.25, 0.3) is 0 Å². The maximum Gasteiger partial charge on any atom is 0.332 e. The molecule has 1 rings (SSSR count). The first-order valence-electron chi connectivity index (χ1n) is 4.56. The first-order valence-corrected chi connectivity index (χ1v) is 5.00. The SMILES string of the molecule is O=C(O)C1CCC(C(=O)NC/C=C/Cl)O1. The summed E-state index contributed by atoms with van der Waals surface area (Å²) in [5.41, 5.74) is 1.30. The Morgan fingerprint density at radius 2 is 2.13 bits per heavy atom. The number of hydrogen-bond donors (Lipinski definition) is 2. The van der Waals surface area contributed by atoms with Gasteiger partial charge in [0.05, 0.1) is 0 Å². The Labute approximate surface area is 92.0 Å². The Morgan fingerprint density at radius 3 is 2.67 bits per heavy atom. The molecule has 1 aliphatic heterocycles. The number of carboxylic acids is 1. The van der Waals surface area contributed by atoms with E-state index in [-0.39, 0.29) is 5.91 Å². The highest BCUT2D eigenvalue weighted by atomic mass is 35.5. The highest BCUT2D eigenvalue weighted by molar-refractivity contribution is 6.25. The van der Waals surface area contributed by atoms with Crippen LogP contribution < -0.4 is 5.32 Å². The van der Waals surface area contributed by atoms with Crippen LogP contribution in [0.25, 0.3) is 0 Å². The van der Waals surface area contributed by atoms with E-state index in [1.54, 1.807) is 6.08 Å². The number of carbonyl (C=O) groups is 2. The second-order valence-electron chi connectivity index (χ2n) is 3.14. The Bertz CT molecular complexity index is 279. The number of nitrogens with one attached hydrogen (secondary N) is 1. The summed E-state index contributed by atoms with van der Waals surface area (Å²) in [5.74, 6) is -1.32. The number of halogens is 1.